The van der Waals surface area contributed by atoms with Crippen LogP contribution < -0.4 is 5.32 Å². The Labute approximate surface area is 186 Å². The number of rotatable bonds is 4. The van der Waals surface area contributed by atoms with Gasteiger partial charge in [-0.3, -0.25) is 9.98 Å². The number of nitrogens with one attached hydrogen (secondary N) is 1. The molecule has 0 aliphatic heterocycles. The Morgan fingerprint density at radius 3 is 2.52 bits per heavy atom. The topological polar surface area (TPSA) is 37.3 Å². The van der Waals surface area contributed by atoms with E-state index in [1.807, 2.05) is 55.5 Å². The molecule has 1 aromatic heterocycles. The maximum atomic E-state index is 6.13. The summed E-state index contributed by atoms with van der Waals surface area (Å²) in [6.45, 7) is 2.05. The fourth-order valence-electron chi connectivity index (χ4n) is 3.71. The molecule has 0 saturated carbocycles. The first-order valence-corrected chi connectivity index (χ1v) is 10.5. The molecule has 3 nitrogen and oxygen atoms in total. The molecule has 1 heterocycles. The lowest BCUT2D eigenvalue weighted by molar-refractivity contribution is 1.40. The Morgan fingerprint density at radius 2 is 1.61 bits per heavy atom. The van der Waals surface area contributed by atoms with E-state index < -0.39 is 0 Å². The van der Waals surface area contributed by atoms with Crippen molar-refractivity contribution in [3.05, 3.63) is 108 Å². The number of aliphatic imine (C=N–C) groups is 1. The molecule has 4 aromatic carbocycles. The van der Waals surface area contributed by atoms with E-state index in [0.717, 1.165) is 39.2 Å². The van der Waals surface area contributed by atoms with Crippen LogP contribution in [-0.2, 0) is 0 Å². The van der Waals surface area contributed by atoms with E-state index in [1.54, 1.807) is 6.20 Å². The Bertz CT molecular complexity index is 1440. The van der Waals surface area contributed by atoms with Crippen LogP contribution >= 0.6 is 11.6 Å². The van der Waals surface area contributed by atoms with E-state index in [0.29, 0.717) is 5.02 Å². The molecule has 0 spiro atoms. The van der Waals surface area contributed by atoms with Crippen molar-refractivity contribution in [2.45, 2.75) is 6.92 Å². The predicted octanol–water partition coefficient (Wildman–Crippen LogP) is 7.93. The zero-order valence-corrected chi connectivity index (χ0v) is 17.8. The molecular formula is C27H20ClN3. The molecule has 0 radical (unpaired) electrons. The molecule has 150 valence electrons. The highest BCUT2D eigenvalue weighted by atomic mass is 35.5. The predicted molar refractivity (Wildman–Crippen MR) is 132 cm³/mol. The second-order valence-electron chi connectivity index (χ2n) is 7.42. The summed E-state index contributed by atoms with van der Waals surface area (Å²) in [6.07, 6.45) is 1.78. The van der Waals surface area contributed by atoms with Crippen molar-refractivity contribution in [2.75, 3.05) is 5.32 Å². The summed E-state index contributed by atoms with van der Waals surface area (Å²) in [5.74, 6) is 0. The molecule has 1 N–H and O–H groups in total. The highest BCUT2D eigenvalue weighted by Crippen LogP contribution is 2.32. The molecule has 5 aromatic rings. The fraction of sp³-hybridized carbons (Fsp3) is 0.0370. The van der Waals surface area contributed by atoms with Gasteiger partial charge in [0.25, 0.3) is 0 Å². The third-order valence-electron chi connectivity index (χ3n) is 5.33. The van der Waals surface area contributed by atoms with Gasteiger partial charge in [-0.1, -0.05) is 60.1 Å². The normalized spacial score (nSPS) is 11.7. The van der Waals surface area contributed by atoms with Crippen molar-refractivity contribution >= 4 is 56.1 Å². The molecule has 0 amide bonds. The Hall–Kier alpha value is -3.69. The number of hydrogen-bond donors (Lipinski definition) is 1. The zero-order valence-electron chi connectivity index (χ0n) is 17.0. The number of nitrogens with zero attached hydrogens (tertiary/aromatic N) is 2. The van der Waals surface area contributed by atoms with Gasteiger partial charge in [-0.25, -0.2) is 0 Å². The highest BCUT2D eigenvalue weighted by molar-refractivity contribution is 6.31. The van der Waals surface area contributed by atoms with Crippen molar-refractivity contribution in [1.29, 1.82) is 0 Å². The van der Waals surface area contributed by atoms with Gasteiger partial charge in [0.15, 0.2) is 0 Å². The minimum absolute atomic E-state index is 0.674. The van der Waals surface area contributed by atoms with Crippen LogP contribution in [0, 0.1) is 0 Å². The Morgan fingerprint density at radius 1 is 0.806 bits per heavy atom. The number of pyridine rings is 1. The van der Waals surface area contributed by atoms with E-state index in [4.69, 9.17) is 16.6 Å². The number of anilines is 2. The molecule has 5 rings (SSSR count). The average molecular weight is 422 g/mol. The van der Waals surface area contributed by atoms with E-state index in [2.05, 4.69) is 52.8 Å². The lowest BCUT2D eigenvalue weighted by atomic mass is 10.0. The van der Waals surface area contributed by atoms with Gasteiger partial charge in [-0.15, -0.1) is 0 Å². The first kappa shape index (κ1) is 19.3. The van der Waals surface area contributed by atoms with E-state index >= 15 is 0 Å². The summed E-state index contributed by atoms with van der Waals surface area (Å²) in [7, 11) is 0. The molecular weight excluding hydrogens is 402 g/mol. The minimum Gasteiger partial charge on any atom is -0.353 e. The maximum Gasteiger partial charge on any atom is 0.0867 e. The molecule has 4 heteroatoms. The van der Waals surface area contributed by atoms with E-state index in [9.17, 15) is 0 Å². The van der Waals surface area contributed by atoms with Gasteiger partial charge in [0.2, 0.25) is 0 Å². The molecule has 0 bridgehead atoms. The summed E-state index contributed by atoms with van der Waals surface area (Å²) in [4.78, 5) is 9.37. The van der Waals surface area contributed by atoms with E-state index in [1.165, 1.54) is 10.8 Å². The first-order chi connectivity index (χ1) is 15.2. The minimum atomic E-state index is 0.674. The smallest absolute Gasteiger partial charge is 0.0867 e. The molecule has 0 atom stereocenters. The second-order valence-corrected chi connectivity index (χ2v) is 7.86. The molecule has 0 aliphatic rings. The number of fused-ring (bicyclic) bond motifs is 2. The van der Waals surface area contributed by atoms with Crippen LogP contribution in [0.4, 0.5) is 17.1 Å². The number of halogens is 1. The van der Waals surface area contributed by atoms with Crippen LogP contribution in [0.2, 0.25) is 5.02 Å². The molecule has 0 saturated heterocycles. The van der Waals surface area contributed by atoms with Gasteiger partial charge < -0.3 is 5.32 Å². The number of para-hydroxylation sites is 2. The zero-order chi connectivity index (χ0) is 21.2. The van der Waals surface area contributed by atoms with Gasteiger partial charge in [0.1, 0.15) is 0 Å². The van der Waals surface area contributed by atoms with Crippen molar-refractivity contribution in [3.63, 3.8) is 0 Å². The maximum absolute atomic E-state index is 6.13. The van der Waals surface area contributed by atoms with Gasteiger partial charge in [0, 0.05) is 28.0 Å². The monoisotopic (exact) mass is 421 g/mol. The lowest BCUT2D eigenvalue weighted by Gasteiger charge is -2.12. The number of aromatic nitrogens is 1. The molecule has 31 heavy (non-hydrogen) atoms. The largest absolute Gasteiger partial charge is 0.353 e. The summed E-state index contributed by atoms with van der Waals surface area (Å²) in [5.41, 5.74) is 5.71. The standard InChI is InChI=1S/C27H20ClN3/c1-18(20-11-10-19-6-2-3-7-21(19)16-20)30-25-8-4-5-9-26(25)31-24-14-15-29-27-17-22(28)12-13-23(24)27/h2-17H,1H3,(H,29,31). The first-order valence-electron chi connectivity index (χ1n) is 10.1. The summed E-state index contributed by atoms with van der Waals surface area (Å²) in [6, 6.07) is 30.6. The Kier molecular flexibility index (Phi) is 5.11. The fourth-order valence-corrected chi connectivity index (χ4v) is 3.88. The van der Waals surface area contributed by atoms with Crippen LogP contribution in [0.15, 0.2) is 102 Å². The van der Waals surface area contributed by atoms with Crippen molar-refractivity contribution in [1.82, 2.24) is 4.98 Å². The van der Waals surface area contributed by atoms with Crippen LogP contribution in [-0.4, -0.2) is 10.7 Å². The number of hydrogen-bond acceptors (Lipinski definition) is 3. The van der Waals surface area contributed by atoms with Gasteiger partial charge >= 0.3 is 0 Å². The third-order valence-corrected chi connectivity index (χ3v) is 5.57. The number of benzene rings is 4. The van der Waals surface area contributed by atoms with E-state index in [-0.39, 0.29) is 0 Å². The SMILES string of the molecule is CC(=Nc1ccccc1Nc1ccnc2cc(Cl)ccc12)c1ccc2ccccc2c1. The van der Waals surface area contributed by atoms with Crippen molar-refractivity contribution < 1.29 is 0 Å². The quantitative estimate of drug-likeness (QED) is 0.299. The molecule has 0 unspecified atom stereocenters. The molecule has 0 fully saturated rings. The van der Waals surface area contributed by atoms with Crippen molar-refractivity contribution in [3.8, 4) is 0 Å². The van der Waals surface area contributed by atoms with Crippen molar-refractivity contribution in [2.24, 2.45) is 4.99 Å². The highest BCUT2D eigenvalue weighted by Gasteiger charge is 2.07. The average Bonchev–Trinajstić information content (AvgIpc) is 2.80. The Balaban J connectivity index is 1.52. The van der Waals surface area contributed by atoms with Crippen LogP contribution in [0.25, 0.3) is 21.7 Å². The van der Waals surface area contributed by atoms with Crippen LogP contribution in [0.1, 0.15) is 12.5 Å². The van der Waals surface area contributed by atoms with Gasteiger partial charge in [-0.2, -0.15) is 0 Å². The lowest BCUT2D eigenvalue weighted by Crippen LogP contribution is -1.96. The summed E-state index contributed by atoms with van der Waals surface area (Å²) >= 11 is 6.13. The summed E-state index contributed by atoms with van der Waals surface area (Å²) in [5, 5.41) is 7.66. The van der Waals surface area contributed by atoms with Gasteiger partial charge in [0.05, 0.1) is 16.9 Å². The summed E-state index contributed by atoms with van der Waals surface area (Å²) < 4.78 is 0. The van der Waals surface area contributed by atoms with Crippen LogP contribution in [0.5, 0.6) is 0 Å². The third kappa shape index (κ3) is 4.00. The van der Waals surface area contributed by atoms with Crippen LogP contribution in [0.3, 0.4) is 0 Å². The van der Waals surface area contributed by atoms with Gasteiger partial charge in [-0.05, 0) is 65.7 Å². The molecule has 0 aliphatic carbocycles. The second kappa shape index (κ2) is 8.21.